The molecule has 6 nitrogen and oxygen atoms in total. The largest absolute Gasteiger partial charge is 0.275 e. The average Bonchev–Trinajstić information content (AvgIpc) is 3.36. The SMILES string of the molecule is Cc1nn(C)cc1Cc1nc(C2CCCC2)nn1-c1ccc(C#N)cc1. The lowest BCUT2D eigenvalue weighted by Crippen LogP contribution is -2.04. The molecule has 0 atom stereocenters. The second-order valence-electron chi connectivity index (χ2n) is 7.03. The van der Waals surface area contributed by atoms with Crippen molar-refractivity contribution in [3.63, 3.8) is 0 Å². The molecule has 0 amide bonds. The number of benzene rings is 1. The van der Waals surface area contributed by atoms with E-state index in [-0.39, 0.29) is 0 Å². The summed E-state index contributed by atoms with van der Waals surface area (Å²) in [5, 5.41) is 18.3. The van der Waals surface area contributed by atoms with Crippen LogP contribution in [0.25, 0.3) is 5.69 Å². The Kier molecular flexibility index (Phi) is 4.29. The third-order valence-electron chi connectivity index (χ3n) is 5.12. The number of hydrogen-bond acceptors (Lipinski definition) is 4. The van der Waals surface area contributed by atoms with Crippen LogP contribution in [0.1, 0.15) is 60.1 Å². The van der Waals surface area contributed by atoms with Gasteiger partial charge in [-0.2, -0.15) is 15.5 Å². The molecule has 0 spiro atoms. The fourth-order valence-electron chi connectivity index (χ4n) is 3.71. The van der Waals surface area contributed by atoms with Crippen LogP contribution in [0.15, 0.2) is 30.5 Å². The highest BCUT2D eigenvalue weighted by Gasteiger charge is 2.24. The summed E-state index contributed by atoms with van der Waals surface area (Å²) < 4.78 is 3.77. The first-order chi connectivity index (χ1) is 12.6. The Morgan fingerprint density at radius 3 is 2.50 bits per heavy atom. The highest BCUT2D eigenvalue weighted by molar-refractivity contribution is 5.40. The van der Waals surface area contributed by atoms with Crippen molar-refractivity contribution >= 4 is 0 Å². The standard InChI is InChI=1S/C20H22N6/c1-14-17(13-25(2)23-14)11-19-22-20(16-5-3-4-6-16)24-26(19)18-9-7-15(12-21)8-10-18/h7-10,13,16H,3-6,11H2,1-2H3. The molecule has 1 aliphatic rings. The normalized spacial score (nSPS) is 14.7. The van der Waals surface area contributed by atoms with Crippen LogP contribution in [0.3, 0.4) is 0 Å². The smallest absolute Gasteiger partial charge is 0.154 e. The summed E-state index contributed by atoms with van der Waals surface area (Å²) >= 11 is 0. The average molecular weight is 346 g/mol. The maximum absolute atomic E-state index is 9.03. The molecule has 0 saturated heterocycles. The van der Waals surface area contributed by atoms with E-state index in [0.717, 1.165) is 28.6 Å². The van der Waals surface area contributed by atoms with Gasteiger partial charge in [-0.1, -0.05) is 12.8 Å². The van der Waals surface area contributed by atoms with Gasteiger partial charge in [-0.05, 0) is 44.0 Å². The van der Waals surface area contributed by atoms with E-state index in [1.54, 1.807) is 0 Å². The van der Waals surface area contributed by atoms with Crippen LogP contribution < -0.4 is 0 Å². The zero-order chi connectivity index (χ0) is 18.1. The summed E-state index contributed by atoms with van der Waals surface area (Å²) in [6.07, 6.45) is 7.59. The fourth-order valence-corrected chi connectivity index (χ4v) is 3.71. The van der Waals surface area contributed by atoms with E-state index in [4.69, 9.17) is 15.3 Å². The van der Waals surface area contributed by atoms with Crippen LogP contribution in [0.4, 0.5) is 0 Å². The molecule has 0 radical (unpaired) electrons. The van der Waals surface area contributed by atoms with Gasteiger partial charge in [0.2, 0.25) is 0 Å². The van der Waals surface area contributed by atoms with E-state index in [2.05, 4.69) is 11.2 Å². The van der Waals surface area contributed by atoms with Gasteiger partial charge < -0.3 is 0 Å². The number of aromatic nitrogens is 5. The van der Waals surface area contributed by atoms with E-state index in [1.165, 1.54) is 25.7 Å². The number of hydrogen-bond donors (Lipinski definition) is 0. The molecule has 0 N–H and O–H groups in total. The second kappa shape index (κ2) is 6.75. The maximum atomic E-state index is 9.03. The van der Waals surface area contributed by atoms with Crippen molar-refractivity contribution in [2.75, 3.05) is 0 Å². The molecule has 1 aromatic carbocycles. The van der Waals surface area contributed by atoms with Crippen molar-refractivity contribution in [3.8, 4) is 11.8 Å². The molecule has 6 heteroatoms. The number of aryl methyl sites for hydroxylation is 2. The number of nitriles is 1. The molecule has 2 aromatic heterocycles. The Bertz CT molecular complexity index is 951. The van der Waals surface area contributed by atoms with Crippen molar-refractivity contribution < 1.29 is 0 Å². The first-order valence-electron chi connectivity index (χ1n) is 9.09. The van der Waals surface area contributed by atoms with Gasteiger partial charge in [0.15, 0.2) is 5.82 Å². The van der Waals surface area contributed by atoms with Crippen LogP contribution in [0.5, 0.6) is 0 Å². The van der Waals surface area contributed by atoms with Gasteiger partial charge in [0.05, 0.1) is 23.0 Å². The maximum Gasteiger partial charge on any atom is 0.154 e. The van der Waals surface area contributed by atoms with Gasteiger partial charge in [0.1, 0.15) is 5.82 Å². The molecule has 0 unspecified atom stereocenters. The first kappa shape index (κ1) is 16.5. The summed E-state index contributed by atoms with van der Waals surface area (Å²) in [4.78, 5) is 4.91. The summed E-state index contributed by atoms with van der Waals surface area (Å²) in [5.74, 6) is 2.33. The molecule has 132 valence electrons. The summed E-state index contributed by atoms with van der Waals surface area (Å²) in [6, 6.07) is 9.69. The topological polar surface area (TPSA) is 72.3 Å². The van der Waals surface area contributed by atoms with Crippen LogP contribution in [-0.4, -0.2) is 24.5 Å². The zero-order valence-corrected chi connectivity index (χ0v) is 15.2. The van der Waals surface area contributed by atoms with Crippen molar-refractivity contribution in [1.82, 2.24) is 24.5 Å². The van der Waals surface area contributed by atoms with Crippen LogP contribution in [0.2, 0.25) is 0 Å². The molecule has 1 aliphatic carbocycles. The zero-order valence-electron chi connectivity index (χ0n) is 15.2. The Morgan fingerprint density at radius 2 is 1.88 bits per heavy atom. The predicted octanol–water partition coefficient (Wildman–Crippen LogP) is 3.43. The highest BCUT2D eigenvalue weighted by Crippen LogP contribution is 2.33. The molecule has 2 heterocycles. The minimum Gasteiger partial charge on any atom is -0.275 e. The van der Waals surface area contributed by atoms with Crippen molar-refractivity contribution in [2.45, 2.75) is 44.9 Å². The van der Waals surface area contributed by atoms with Gasteiger partial charge in [-0.15, -0.1) is 0 Å². The van der Waals surface area contributed by atoms with Gasteiger partial charge >= 0.3 is 0 Å². The lowest BCUT2D eigenvalue weighted by molar-refractivity contribution is 0.662. The Hall–Kier alpha value is -2.94. The molecular weight excluding hydrogens is 324 g/mol. The quantitative estimate of drug-likeness (QED) is 0.725. The van der Waals surface area contributed by atoms with Gasteiger partial charge in [-0.25, -0.2) is 9.67 Å². The lowest BCUT2D eigenvalue weighted by atomic mass is 10.1. The molecule has 4 rings (SSSR count). The number of rotatable bonds is 4. The van der Waals surface area contributed by atoms with Gasteiger partial charge in [0, 0.05) is 31.1 Å². The lowest BCUT2D eigenvalue weighted by Gasteiger charge is -2.05. The van der Waals surface area contributed by atoms with Crippen LogP contribution >= 0.6 is 0 Å². The van der Waals surface area contributed by atoms with Crippen molar-refractivity contribution in [2.24, 2.45) is 7.05 Å². The summed E-state index contributed by atoms with van der Waals surface area (Å²) in [7, 11) is 1.94. The van der Waals surface area contributed by atoms with E-state index in [1.807, 2.05) is 53.8 Å². The van der Waals surface area contributed by atoms with E-state index < -0.39 is 0 Å². The Labute approximate surface area is 153 Å². The molecule has 0 aliphatic heterocycles. The minimum atomic E-state index is 0.461. The molecular formula is C20H22N6. The Morgan fingerprint density at radius 1 is 1.15 bits per heavy atom. The third-order valence-corrected chi connectivity index (χ3v) is 5.12. The van der Waals surface area contributed by atoms with E-state index in [0.29, 0.717) is 17.9 Å². The molecule has 0 bridgehead atoms. The van der Waals surface area contributed by atoms with E-state index in [9.17, 15) is 0 Å². The molecule has 1 saturated carbocycles. The van der Waals surface area contributed by atoms with Crippen molar-refractivity contribution in [1.29, 1.82) is 5.26 Å². The molecule has 3 aromatic rings. The monoisotopic (exact) mass is 346 g/mol. The van der Waals surface area contributed by atoms with E-state index >= 15 is 0 Å². The molecule has 1 fully saturated rings. The summed E-state index contributed by atoms with van der Waals surface area (Å²) in [6.45, 7) is 2.02. The Balaban J connectivity index is 1.74. The van der Waals surface area contributed by atoms with Crippen LogP contribution in [0, 0.1) is 18.3 Å². The predicted molar refractivity (Wildman–Crippen MR) is 98.0 cm³/mol. The minimum absolute atomic E-state index is 0.461. The van der Waals surface area contributed by atoms with Crippen LogP contribution in [-0.2, 0) is 13.5 Å². The fraction of sp³-hybridized carbons (Fsp3) is 0.400. The number of nitrogens with zero attached hydrogens (tertiary/aromatic N) is 6. The summed E-state index contributed by atoms with van der Waals surface area (Å²) in [5.41, 5.74) is 3.77. The van der Waals surface area contributed by atoms with Gasteiger partial charge in [0.25, 0.3) is 0 Å². The first-order valence-corrected chi connectivity index (χ1v) is 9.09. The second-order valence-corrected chi connectivity index (χ2v) is 7.03. The third kappa shape index (κ3) is 3.13. The highest BCUT2D eigenvalue weighted by atomic mass is 15.4. The van der Waals surface area contributed by atoms with Gasteiger partial charge in [-0.3, -0.25) is 4.68 Å². The molecule has 26 heavy (non-hydrogen) atoms. The van der Waals surface area contributed by atoms with Crippen molar-refractivity contribution in [3.05, 3.63) is 58.9 Å².